The highest BCUT2D eigenvalue weighted by molar-refractivity contribution is 7.93. The Labute approximate surface area is 189 Å². The third-order valence-corrected chi connectivity index (χ3v) is 5.77. The molecule has 172 valence electrons. The van der Waals surface area contributed by atoms with Crippen molar-refractivity contribution in [3.05, 3.63) is 71.1 Å². The highest BCUT2D eigenvalue weighted by Gasteiger charge is 2.33. The number of amides is 2. The number of sulfonamides is 1. The lowest BCUT2D eigenvalue weighted by atomic mass is 9.95. The van der Waals surface area contributed by atoms with Gasteiger partial charge in [0.2, 0.25) is 11.8 Å². The van der Waals surface area contributed by atoms with Crippen molar-refractivity contribution in [3.8, 4) is 0 Å². The average molecular weight is 459 g/mol. The summed E-state index contributed by atoms with van der Waals surface area (Å²) < 4.78 is 26.9. The first-order chi connectivity index (χ1) is 15.2. The van der Waals surface area contributed by atoms with Crippen LogP contribution in [0.3, 0.4) is 0 Å². The number of benzene rings is 2. The Hall–Kier alpha value is -2.97. The maximum atomic E-state index is 13.3. The summed E-state index contributed by atoms with van der Waals surface area (Å²) in [4.78, 5) is 27.6. The maximum Gasteiger partial charge on any atom is 0.257 e. The van der Waals surface area contributed by atoms with E-state index >= 15 is 0 Å². The Balaban J connectivity index is 2.25. The molecule has 0 saturated heterocycles. The number of carbonyl (C=O) groups excluding carboxylic acids is 2. The zero-order chi connectivity index (χ0) is 23.7. The number of nitrogens with zero attached hydrogens (tertiary/aromatic N) is 1. The highest BCUT2D eigenvalue weighted by atomic mass is 32.2. The van der Waals surface area contributed by atoms with E-state index < -0.39 is 27.8 Å². The van der Waals surface area contributed by atoms with Gasteiger partial charge in [-0.2, -0.15) is 0 Å². The van der Waals surface area contributed by atoms with Gasteiger partial charge in [0.15, 0.2) is 0 Å². The van der Waals surface area contributed by atoms with Gasteiger partial charge in [-0.05, 0) is 48.6 Å². The lowest BCUT2D eigenvalue weighted by Gasteiger charge is -2.27. The van der Waals surface area contributed by atoms with Crippen LogP contribution in [0.2, 0.25) is 0 Å². The van der Waals surface area contributed by atoms with Gasteiger partial charge in [-0.25, -0.2) is 13.1 Å². The van der Waals surface area contributed by atoms with Gasteiger partial charge in [0.05, 0.1) is 12.0 Å². The monoisotopic (exact) mass is 458 g/mol. The van der Waals surface area contributed by atoms with Gasteiger partial charge in [-0.15, -0.1) is 0 Å². The lowest BCUT2D eigenvalue weighted by molar-refractivity contribution is -0.133. The molecule has 7 nitrogen and oxygen atoms in total. The Bertz CT molecular complexity index is 1050. The molecule has 0 heterocycles. The maximum absolute atomic E-state index is 13.3. The largest absolute Gasteiger partial charge is 0.392 e. The van der Waals surface area contributed by atoms with E-state index in [0.717, 1.165) is 5.41 Å². The van der Waals surface area contributed by atoms with Crippen molar-refractivity contribution in [2.24, 2.45) is 11.8 Å². The van der Waals surface area contributed by atoms with Gasteiger partial charge in [0.1, 0.15) is 5.92 Å². The van der Waals surface area contributed by atoms with E-state index in [1.54, 1.807) is 55.5 Å². The Morgan fingerprint density at radius 2 is 1.78 bits per heavy atom. The molecular weight excluding hydrogens is 428 g/mol. The van der Waals surface area contributed by atoms with Gasteiger partial charge in [0, 0.05) is 12.2 Å². The molecule has 0 aromatic heterocycles. The van der Waals surface area contributed by atoms with Gasteiger partial charge < -0.3 is 10.0 Å². The summed E-state index contributed by atoms with van der Waals surface area (Å²) in [5.74, 6) is -2.54. The first kappa shape index (κ1) is 25.3. The van der Waals surface area contributed by atoms with Crippen LogP contribution in [0.4, 0.5) is 5.69 Å². The number of hydrogen-bond acceptors (Lipinski definition) is 5. The van der Waals surface area contributed by atoms with E-state index in [4.69, 9.17) is 0 Å². The number of carbonyl (C=O) groups is 2. The summed E-state index contributed by atoms with van der Waals surface area (Å²) >= 11 is 0. The van der Waals surface area contributed by atoms with Crippen LogP contribution < -0.4 is 9.62 Å². The molecule has 32 heavy (non-hydrogen) atoms. The molecule has 2 N–H and O–H groups in total. The second-order valence-electron chi connectivity index (χ2n) is 7.82. The van der Waals surface area contributed by atoms with Gasteiger partial charge >= 0.3 is 0 Å². The lowest BCUT2D eigenvalue weighted by Crippen LogP contribution is -2.45. The average Bonchev–Trinajstić information content (AvgIpc) is 2.77. The van der Waals surface area contributed by atoms with Crippen LogP contribution in [0.25, 0.3) is 6.08 Å². The van der Waals surface area contributed by atoms with Crippen LogP contribution in [0.15, 0.2) is 60.0 Å². The van der Waals surface area contributed by atoms with Gasteiger partial charge in [0.25, 0.3) is 10.0 Å². The summed E-state index contributed by atoms with van der Waals surface area (Å²) in [6.45, 7) is 5.60. The van der Waals surface area contributed by atoms with Gasteiger partial charge in [-0.3, -0.25) is 9.59 Å². The summed E-state index contributed by atoms with van der Waals surface area (Å²) in [6.07, 6.45) is 1.58. The topological polar surface area (TPSA) is 104 Å². The molecule has 2 amide bonds. The van der Waals surface area contributed by atoms with Crippen LogP contribution in [0, 0.1) is 11.8 Å². The van der Waals surface area contributed by atoms with E-state index in [1.807, 2.05) is 24.6 Å². The first-order valence-corrected chi connectivity index (χ1v) is 12.0. The SMILES string of the molecule is CCN(C(=O)C(CC(C)C)C(=O)NS(=O)(=O)C=Cc1ccccc1)c1cccc(CO)c1. The number of aliphatic hydroxyl groups excluding tert-OH is 1. The number of hydrogen-bond donors (Lipinski definition) is 2. The van der Waals surface area contributed by atoms with Crippen molar-refractivity contribution >= 4 is 33.6 Å². The van der Waals surface area contributed by atoms with Crippen molar-refractivity contribution in [1.82, 2.24) is 4.72 Å². The Morgan fingerprint density at radius 1 is 1.09 bits per heavy atom. The van der Waals surface area contributed by atoms with Crippen LogP contribution in [0.5, 0.6) is 0 Å². The van der Waals surface area contributed by atoms with Crippen molar-refractivity contribution in [3.63, 3.8) is 0 Å². The molecule has 0 saturated carbocycles. The molecule has 8 heteroatoms. The summed E-state index contributed by atoms with van der Waals surface area (Å²) in [5.41, 5.74) is 1.84. The number of rotatable bonds is 10. The molecule has 0 aliphatic rings. The number of aliphatic hydroxyl groups is 1. The third-order valence-electron chi connectivity index (χ3n) is 4.79. The molecule has 2 aromatic carbocycles. The van der Waals surface area contributed by atoms with E-state index in [2.05, 4.69) is 0 Å². The zero-order valence-electron chi connectivity index (χ0n) is 18.6. The van der Waals surface area contributed by atoms with Crippen LogP contribution in [-0.2, 0) is 26.2 Å². The fraction of sp³-hybridized carbons (Fsp3) is 0.333. The highest BCUT2D eigenvalue weighted by Crippen LogP contribution is 2.22. The first-order valence-electron chi connectivity index (χ1n) is 10.5. The van der Waals surface area contributed by atoms with Crippen molar-refractivity contribution in [1.29, 1.82) is 0 Å². The standard InChI is InChI=1S/C24H30N2O5S/c1-4-26(21-12-8-11-20(16-21)17-27)24(29)22(15-18(2)3)23(28)25-32(30,31)14-13-19-9-6-5-7-10-19/h5-14,16,18,22,27H,4,15,17H2,1-3H3,(H,25,28). The fourth-order valence-corrected chi connectivity index (χ4v) is 4.07. The smallest absolute Gasteiger partial charge is 0.257 e. The minimum Gasteiger partial charge on any atom is -0.392 e. The molecule has 0 aliphatic carbocycles. The zero-order valence-corrected chi connectivity index (χ0v) is 19.4. The predicted octanol–water partition coefficient (Wildman–Crippen LogP) is 3.31. The molecule has 0 aliphatic heterocycles. The third kappa shape index (κ3) is 7.32. The fourth-order valence-electron chi connectivity index (χ4n) is 3.25. The normalized spacial score (nSPS) is 12.7. The van der Waals surface area contributed by atoms with E-state index in [1.165, 1.54) is 11.0 Å². The minimum absolute atomic E-state index is 0.0141. The van der Waals surface area contributed by atoms with Crippen molar-refractivity contribution in [2.45, 2.75) is 33.8 Å². The Morgan fingerprint density at radius 3 is 2.38 bits per heavy atom. The predicted molar refractivity (Wildman–Crippen MR) is 126 cm³/mol. The molecule has 0 fully saturated rings. The molecule has 2 aromatic rings. The van der Waals surface area contributed by atoms with Crippen molar-refractivity contribution in [2.75, 3.05) is 11.4 Å². The molecule has 0 spiro atoms. The van der Waals surface area contributed by atoms with Crippen LogP contribution in [0.1, 0.15) is 38.3 Å². The van der Waals surface area contributed by atoms with E-state index in [0.29, 0.717) is 16.8 Å². The second-order valence-corrected chi connectivity index (χ2v) is 9.38. The Kier molecular flexibility index (Phi) is 9.16. The molecule has 0 bridgehead atoms. The van der Waals surface area contributed by atoms with Crippen LogP contribution >= 0.6 is 0 Å². The summed E-state index contributed by atoms with van der Waals surface area (Å²) in [7, 11) is -4.08. The number of nitrogens with one attached hydrogen (secondary N) is 1. The number of anilines is 1. The van der Waals surface area contributed by atoms with E-state index in [9.17, 15) is 23.1 Å². The van der Waals surface area contributed by atoms with E-state index in [-0.39, 0.29) is 25.5 Å². The minimum atomic E-state index is -4.08. The molecular formula is C24H30N2O5S. The quantitative estimate of drug-likeness (QED) is 0.532. The molecule has 1 unspecified atom stereocenters. The summed E-state index contributed by atoms with van der Waals surface area (Å²) in [5, 5.41) is 10.3. The van der Waals surface area contributed by atoms with Crippen molar-refractivity contribution < 1.29 is 23.1 Å². The molecule has 1 atom stereocenters. The summed E-state index contributed by atoms with van der Waals surface area (Å²) in [6, 6.07) is 15.7. The van der Waals surface area contributed by atoms with Crippen LogP contribution in [-0.4, -0.2) is 31.9 Å². The van der Waals surface area contributed by atoms with Gasteiger partial charge in [-0.1, -0.05) is 56.3 Å². The molecule has 2 rings (SSSR count). The second kappa shape index (κ2) is 11.6. The molecule has 0 radical (unpaired) electrons.